The highest BCUT2D eigenvalue weighted by Crippen LogP contribution is 2.35. The monoisotopic (exact) mass is 418 g/mol. The standard InChI is InChI=1S/C11H13Br2ClO3S/c1-2-18(15,16)4-3-17-11-9(12)5-8(7-14)6-10(11)13/h5-6H,2-4,7H2,1H3. The van der Waals surface area contributed by atoms with Crippen LogP contribution in [-0.4, -0.2) is 26.5 Å². The SMILES string of the molecule is CCS(=O)(=O)CCOc1c(Br)cc(CCl)cc1Br. The number of halogens is 3. The van der Waals surface area contributed by atoms with E-state index in [-0.39, 0.29) is 18.1 Å². The van der Waals surface area contributed by atoms with Gasteiger partial charge in [0.1, 0.15) is 12.4 Å². The number of alkyl halides is 1. The van der Waals surface area contributed by atoms with Crippen molar-refractivity contribution < 1.29 is 13.2 Å². The lowest BCUT2D eigenvalue weighted by atomic mass is 10.2. The van der Waals surface area contributed by atoms with Crippen LogP contribution in [0.5, 0.6) is 5.75 Å². The minimum atomic E-state index is -3.00. The Kier molecular flexibility index (Phi) is 6.44. The topological polar surface area (TPSA) is 43.4 Å². The van der Waals surface area contributed by atoms with Crippen molar-refractivity contribution in [2.24, 2.45) is 0 Å². The van der Waals surface area contributed by atoms with E-state index in [0.29, 0.717) is 11.6 Å². The van der Waals surface area contributed by atoms with Gasteiger partial charge in [-0.2, -0.15) is 0 Å². The lowest BCUT2D eigenvalue weighted by molar-refractivity contribution is 0.336. The fourth-order valence-electron chi connectivity index (χ4n) is 1.24. The summed E-state index contributed by atoms with van der Waals surface area (Å²) < 4.78 is 29.7. The first-order valence-corrected chi connectivity index (χ1v) is 9.21. The molecular weight excluding hydrogens is 407 g/mol. The molecule has 7 heteroatoms. The summed E-state index contributed by atoms with van der Waals surface area (Å²) >= 11 is 12.5. The number of sulfone groups is 1. The summed E-state index contributed by atoms with van der Waals surface area (Å²) in [5, 5.41) is 0. The average molecular weight is 421 g/mol. The first-order chi connectivity index (χ1) is 8.39. The fraction of sp³-hybridized carbons (Fsp3) is 0.455. The van der Waals surface area contributed by atoms with Gasteiger partial charge in [-0.25, -0.2) is 8.42 Å². The fourth-order valence-corrected chi connectivity index (χ4v) is 3.53. The van der Waals surface area contributed by atoms with E-state index >= 15 is 0 Å². The van der Waals surface area contributed by atoms with Crippen LogP contribution in [0, 0.1) is 0 Å². The summed E-state index contributed by atoms with van der Waals surface area (Å²) in [5.41, 5.74) is 0.948. The van der Waals surface area contributed by atoms with E-state index in [4.69, 9.17) is 16.3 Å². The Hall–Kier alpha value is 0.220. The van der Waals surface area contributed by atoms with Gasteiger partial charge in [-0.15, -0.1) is 11.6 Å². The van der Waals surface area contributed by atoms with Crippen LogP contribution < -0.4 is 4.74 Å². The van der Waals surface area contributed by atoms with Gasteiger partial charge in [0.25, 0.3) is 0 Å². The van der Waals surface area contributed by atoms with Crippen molar-refractivity contribution in [3.63, 3.8) is 0 Å². The van der Waals surface area contributed by atoms with Crippen molar-refractivity contribution in [2.45, 2.75) is 12.8 Å². The van der Waals surface area contributed by atoms with Gasteiger partial charge in [-0.1, -0.05) is 6.92 Å². The van der Waals surface area contributed by atoms with E-state index < -0.39 is 9.84 Å². The molecule has 0 saturated heterocycles. The number of hydrogen-bond acceptors (Lipinski definition) is 3. The molecule has 0 amide bonds. The third-order valence-electron chi connectivity index (χ3n) is 2.29. The summed E-state index contributed by atoms with van der Waals surface area (Å²) in [7, 11) is -3.00. The Labute approximate surface area is 129 Å². The molecule has 0 saturated carbocycles. The molecule has 0 radical (unpaired) electrons. The molecule has 0 aliphatic rings. The Morgan fingerprint density at radius 1 is 1.28 bits per heavy atom. The van der Waals surface area contributed by atoms with Crippen molar-refractivity contribution in [1.29, 1.82) is 0 Å². The van der Waals surface area contributed by atoms with Gasteiger partial charge < -0.3 is 4.74 Å². The zero-order chi connectivity index (χ0) is 13.8. The first-order valence-electron chi connectivity index (χ1n) is 5.26. The van der Waals surface area contributed by atoms with Crippen LogP contribution in [0.1, 0.15) is 12.5 Å². The van der Waals surface area contributed by atoms with Gasteiger partial charge in [0, 0.05) is 11.6 Å². The van der Waals surface area contributed by atoms with E-state index in [0.717, 1.165) is 14.5 Å². The molecule has 0 heterocycles. The third kappa shape index (κ3) is 4.72. The smallest absolute Gasteiger partial charge is 0.153 e. The van der Waals surface area contributed by atoms with Crippen LogP contribution in [0.15, 0.2) is 21.1 Å². The van der Waals surface area contributed by atoms with Crippen LogP contribution in [0.4, 0.5) is 0 Å². The predicted molar refractivity (Wildman–Crippen MR) is 81.2 cm³/mol. The van der Waals surface area contributed by atoms with Crippen LogP contribution in [0.3, 0.4) is 0 Å². The van der Waals surface area contributed by atoms with E-state index in [9.17, 15) is 8.42 Å². The Morgan fingerprint density at radius 2 is 1.83 bits per heavy atom. The molecule has 1 aromatic carbocycles. The molecule has 0 bridgehead atoms. The lowest BCUT2D eigenvalue weighted by Gasteiger charge is -2.11. The van der Waals surface area contributed by atoms with Crippen LogP contribution in [0.25, 0.3) is 0 Å². The van der Waals surface area contributed by atoms with Gasteiger partial charge in [-0.05, 0) is 49.6 Å². The van der Waals surface area contributed by atoms with Crippen molar-refractivity contribution in [1.82, 2.24) is 0 Å². The van der Waals surface area contributed by atoms with Gasteiger partial charge in [0.05, 0.1) is 14.7 Å². The number of benzene rings is 1. The van der Waals surface area contributed by atoms with E-state index in [1.807, 2.05) is 12.1 Å². The highest BCUT2D eigenvalue weighted by molar-refractivity contribution is 9.11. The first kappa shape index (κ1) is 16.3. The summed E-state index contributed by atoms with van der Waals surface area (Å²) in [6, 6.07) is 3.70. The van der Waals surface area contributed by atoms with Crippen molar-refractivity contribution in [3.05, 3.63) is 26.6 Å². The Bertz CT molecular complexity index is 494. The zero-order valence-corrected chi connectivity index (χ0v) is 14.5. The van der Waals surface area contributed by atoms with Gasteiger partial charge in [-0.3, -0.25) is 0 Å². The number of ether oxygens (including phenoxy) is 1. The maximum absolute atomic E-state index is 11.3. The maximum Gasteiger partial charge on any atom is 0.153 e. The molecule has 1 aromatic rings. The summed E-state index contributed by atoms with van der Waals surface area (Å²) in [6.07, 6.45) is 0. The largest absolute Gasteiger partial charge is 0.490 e. The van der Waals surface area contributed by atoms with Gasteiger partial charge >= 0.3 is 0 Å². The van der Waals surface area contributed by atoms with E-state index in [2.05, 4.69) is 31.9 Å². The molecule has 0 N–H and O–H groups in total. The highest BCUT2D eigenvalue weighted by Gasteiger charge is 2.11. The molecule has 0 unspecified atom stereocenters. The van der Waals surface area contributed by atoms with E-state index in [1.165, 1.54) is 0 Å². The van der Waals surface area contributed by atoms with Crippen molar-refractivity contribution in [2.75, 3.05) is 18.1 Å². The average Bonchev–Trinajstić information content (AvgIpc) is 2.32. The lowest BCUT2D eigenvalue weighted by Crippen LogP contribution is -2.15. The molecule has 0 aromatic heterocycles. The molecule has 1 rings (SSSR count). The van der Waals surface area contributed by atoms with Crippen molar-refractivity contribution in [3.8, 4) is 5.75 Å². The van der Waals surface area contributed by atoms with Gasteiger partial charge in [0.2, 0.25) is 0 Å². The molecule has 0 spiro atoms. The Balaban J connectivity index is 2.74. The Morgan fingerprint density at radius 3 is 2.28 bits per heavy atom. The van der Waals surface area contributed by atoms with Crippen LogP contribution in [0.2, 0.25) is 0 Å². The molecule has 0 aliphatic heterocycles. The second-order valence-electron chi connectivity index (χ2n) is 3.61. The molecule has 3 nitrogen and oxygen atoms in total. The zero-order valence-electron chi connectivity index (χ0n) is 9.75. The summed E-state index contributed by atoms with van der Waals surface area (Å²) in [6.45, 7) is 1.75. The molecule has 18 heavy (non-hydrogen) atoms. The van der Waals surface area contributed by atoms with E-state index in [1.54, 1.807) is 6.92 Å². The molecule has 0 atom stereocenters. The maximum atomic E-state index is 11.3. The summed E-state index contributed by atoms with van der Waals surface area (Å²) in [5.74, 6) is 1.14. The predicted octanol–water partition coefficient (Wildman–Crippen LogP) is 3.76. The number of rotatable bonds is 6. The van der Waals surface area contributed by atoms with Crippen LogP contribution in [-0.2, 0) is 15.7 Å². The molecule has 102 valence electrons. The highest BCUT2D eigenvalue weighted by atomic mass is 79.9. The number of hydrogen-bond donors (Lipinski definition) is 0. The van der Waals surface area contributed by atoms with Crippen molar-refractivity contribution >= 4 is 53.3 Å². The molecular formula is C11H13Br2ClO3S. The quantitative estimate of drug-likeness (QED) is 0.658. The summed E-state index contributed by atoms with van der Waals surface area (Å²) in [4.78, 5) is 0. The van der Waals surface area contributed by atoms with Crippen LogP contribution >= 0.6 is 43.5 Å². The second-order valence-corrected chi connectivity index (χ2v) is 8.06. The second kappa shape index (κ2) is 7.12. The normalized spacial score (nSPS) is 11.6. The molecule has 0 aliphatic carbocycles. The minimum absolute atomic E-state index is 0.0135. The molecule has 0 fully saturated rings. The third-order valence-corrected chi connectivity index (χ3v) is 5.45. The van der Waals surface area contributed by atoms with Gasteiger partial charge in [0.15, 0.2) is 9.84 Å². The minimum Gasteiger partial charge on any atom is -0.490 e.